The van der Waals surface area contributed by atoms with Crippen molar-refractivity contribution < 1.29 is 20.1 Å². The molecule has 0 atom stereocenters. The fraction of sp³-hybridized carbons (Fsp3) is 0.875. The van der Waals surface area contributed by atoms with Gasteiger partial charge in [0.15, 0.2) is 0 Å². The van der Waals surface area contributed by atoms with E-state index in [4.69, 9.17) is 10.2 Å². The third-order valence-electron chi connectivity index (χ3n) is 1.70. The smallest absolute Gasteiger partial charge is 0.222 e. The molecule has 0 bridgehead atoms. The molecule has 5 nitrogen and oxygen atoms in total. The zero-order chi connectivity index (χ0) is 10.5. The van der Waals surface area contributed by atoms with Gasteiger partial charge in [-0.2, -0.15) is 0 Å². The molecule has 1 amide bonds. The van der Waals surface area contributed by atoms with Gasteiger partial charge in [-0.3, -0.25) is 4.79 Å². The van der Waals surface area contributed by atoms with E-state index in [1.54, 1.807) is 13.8 Å². The summed E-state index contributed by atoms with van der Waals surface area (Å²) in [6.07, 6.45) is 0. The van der Waals surface area contributed by atoms with Crippen molar-refractivity contribution in [1.82, 2.24) is 5.32 Å². The Kier molecular flexibility index (Phi) is 4.90. The number of hydrogen-bond acceptors (Lipinski definition) is 4. The van der Waals surface area contributed by atoms with Crippen molar-refractivity contribution in [3.05, 3.63) is 0 Å². The number of hydrogen-bond donors (Lipinski definition) is 4. The topological polar surface area (TPSA) is 89.8 Å². The molecule has 4 N–H and O–H groups in total. The molecule has 0 aliphatic rings. The molecule has 0 aliphatic carbocycles. The molecule has 0 rings (SSSR count). The molecule has 0 saturated carbocycles. The third kappa shape index (κ3) is 4.21. The second kappa shape index (κ2) is 5.16. The van der Waals surface area contributed by atoms with Crippen LogP contribution in [0.2, 0.25) is 0 Å². The van der Waals surface area contributed by atoms with Crippen LogP contribution in [-0.2, 0) is 4.79 Å². The van der Waals surface area contributed by atoms with Crippen LogP contribution in [0.4, 0.5) is 0 Å². The van der Waals surface area contributed by atoms with Crippen LogP contribution in [-0.4, -0.2) is 46.6 Å². The van der Waals surface area contributed by atoms with E-state index in [-0.39, 0.29) is 18.4 Å². The molecule has 0 aromatic rings. The van der Waals surface area contributed by atoms with Crippen LogP contribution in [0.1, 0.15) is 13.8 Å². The fourth-order valence-electron chi connectivity index (χ4n) is 0.618. The second-order valence-corrected chi connectivity index (χ2v) is 3.41. The lowest BCUT2D eigenvalue weighted by Crippen LogP contribution is -2.49. The first-order chi connectivity index (χ1) is 5.95. The highest BCUT2D eigenvalue weighted by molar-refractivity contribution is 5.77. The maximum absolute atomic E-state index is 11.0. The second-order valence-electron chi connectivity index (χ2n) is 3.41. The van der Waals surface area contributed by atoms with Crippen molar-refractivity contribution >= 4 is 5.91 Å². The molecule has 0 unspecified atom stereocenters. The average molecular weight is 191 g/mol. The largest absolute Gasteiger partial charge is 0.393 e. The van der Waals surface area contributed by atoms with Crippen LogP contribution < -0.4 is 5.32 Å². The molecule has 0 saturated heterocycles. The summed E-state index contributed by atoms with van der Waals surface area (Å²) in [6.45, 7) is 2.12. The first-order valence-electron chi connectivity index (χ1n) is 4.17. The Morgan fingerprint density at radius 3 is 2.15 bits per heavy atom. The van der Waals surface area contributed by atoms with Gasteiger partial charge in [0.2, 0.25) is 5.91 Å². The lowest BCUT2D eigenvalue weighted by atomic mass is 10.1. The van der Waals surface area contributed by atoms with Gasteiger partial charge in [-0.05, 0) is 0 Å². The normalized spacial score (nSPS) is 11.8. The van der Waals surface area contributed by atoms with Gasteiger partial charge in [0, 0.05) is 5.92 Å². The van der Waals surface area contributed by atoms with Crippen LogP contribution in [0, 0.1) is 5.92 Å². The van der Waals surface area contributed by atoms with Gasteiger partial charge in [0.1, 0.15) is 5.60 Å². The molecule has 0 radical (unpaired) electrons. The average Bonchev–Trinajstić information content (AvgIpc) is 2.13. The van der Waals surface area contributed by atoms with Crippen LogP contribution >= 0.6 is 0 Å². The fourth-order valence-corrected chi connectivity index (χ4v) is 0.618. The SMILES string of the molecule is CC(C)C(=O)NCC(O)(CO)CO. The van der Waals surface area contributed by atoms with E-state index in [9.17, 15) is 9.90 Å². The van der Waals surface area contributed by atoms with Crippen molar-refractivity contribution in [2.75, 3.05) is 19.8 Å². The third-order valence-corrected chi connectivity index (χ3v) is 1.70. The minimum atomic E-state index is -1.62. The summed E-state index contributed by atoms with van der Waals surface area (Å²) in [5.41, 5.74) is -1.62. The van der Waals surface area contributed by atoms with Gasteiger partial charge < -0.3 is 20.6 Å². The standard InChI is InChI=1S/C8H17NO4/c1-6(2)7(12)9-3-8(13,4-10)5-11/h6,10-11,13H,3-5H2,1-2H3,(H,9,12). The summed E-state index contributed by atoms with van der Waals surface area (Å²) in [7, 11) is 0. The number of aliphatic hydroxyl groups excluding tert-OH is 2. The first-order valence-corrected chi connectivity index (χ1v) is 4.17. The Morgan fingerprint density at radius 2 is 1.85 bits per heavy atom. The number of carbonyl (C=O) groups is 1. The van der Waals surface area contributed by atoms with Gasteiger partial charge in [-0.1, -0.05) is 13.8 Å². The summed E-state index contributed by atoms with van der Waals surface area (Å²) in [5, 5.41) is 29.1. The summed E-state index contributed by atoms with van der Waals surface area (Å²) in [4.78, 5) is 11.0. The molecule has 0 aromatic heterocycles. The summed E-state index contributed by atoms with van der Waals surface area (Å²) in [5.74, 6) is -0.401. The van der Waals surface area contributed by atoms with E-state index < -0.39 is 18.8 Å². The summed E-state index contributed by atoms with van der Waals surface area (Å²) in [6, 6.07) is 0. The molecule has 13 heavy (non-hydrogen) atoms. The van der Waals surface area contributed by atoms with Crippen LogP contribution in [0.15, 0.2) is 0 Å². The maximum Gasteiger partial charge on any atom is 0.222 e. The highest BCUT2D eigenvalue weighted by atomic mass is 16.4. The molecule has 78 valence electrons. The molecule has 0 aliphatic heterocycles. The van der Waals surface area contributed by atoms with Crippen molar-refractivity contribution in [2.45, 2.75) is 19.4 Å². The predicted octanol–water partition coefficient (Wildman–Crippen LogP) is -1.53. The zero-order valence-corrected chi connectivity index (χ0v) is 7.95. The van der Waals surface area contributed by atoms with E-state index in [0.29, 0.717) is 0 Å². The number of carbonyl (C=O) groups excluding carboxylic acids is 1. The molecule has 0 heterocycles. The van der Waals surface area contributed by atoms with Crippen molar-refractivity contribution in [1.29, 1.82) is 0 Å². The first kappa shape index (κ1) is 12.3. The minimum absolute atomic E-state index is 0.142. The van der Waals surface area contributed by atoms with Crippen molar-refractivity contribution in [2.24, 2.45) is 5.92 Å². The van der Waals surface area contributed by atoms with Gasteiger partial charge in [-0.15, -0.1) is 0 Å². The van der Waals surface area contributed by atoms with Crippen molar-refractivity contribution in [3.63, 3.8) is 0 Å². The van der Waals surface area contributed by atoms with E-state index in [1.165, 1.54) is 0 Å². The Morgan fingerprint density at radius 1 is 1.38 bits per heavy atom. The number of aliphatic hydroxyl groups is 3. The lowest BCUT2D eigenvalue weighted by Gasteiger charge is -2.23. The van der Waals surface area contributed by atoms with E-state index in [1.807, 2.05) is 0 Å². The number of amides is 1. The van der Waals surface area contributed by atoms with E-state index >= 15 is 0 Å². The monoisotopic (exact) mass is 191 g/mol. The van der Waals surface area contributed by atoms with E-state index in [2.05, 4.69) is 5.32 Å². The molecular weight excluding hydrogens is 174 g/mol. The summed E-state index contributed by atoms with van der Waals surface area (Å²) >= 11 is 0. The Hall–Kier alpha value is -0.650. The summed E-state index contributed by atoms with van der Waals surface area (Å²) < 4.78 is 0. The molecular formula is C8H17NO4. The van der Waals surface area contributed by atoms with E-state index in [0.717, 1.165) is 0 Å². The minimum Gasteiger partial charge on any atom is -0.393 e. The quantitative estimate of drug-likeness (QED) is 0.424. The highest BCUT2D eigenvalue weighted by Crippen LogP contribution is 2.00. The molecule has 0 aromatic carbocycles. The Balaban J connectivity index is 3.92. The van der Waals surface area contributed by atoms with Crippen LogP contribution in [0.5, 0.6) is 0 Å². The van der Waals surface area contributed by atoms with Gasteiger partial charge in [-0.25, -0.2) is 0 Å². The molecule has 5 heteroatoms. The molecule has 0 spiro atoms. The van der Waals surface area contributed by atoms with Crippen LogP contribution in [0.25, 0.3) is 0 Å². The highest BCUT2D eigenvalue weighted by Gasteiger charge is 2.25. The zero-order valence-electron chi connectivity index (χ0n) is 7.95. The van der Waals surface area contributed by atoms with Gasteiger partial charge >= 0.3 is 0 Å². The van der Waals surface area contributed by atoms with Crippen molar-refractivity contribution in [3.8, 4) is 0 Å². The maximum atomic E-state index is 11.0. The number of rotatable bonds is 5. The lowest BCUT2D eigenvalue weighted by molar-refractivity contribution is -0.126. The molecule has 0 fully saturated rings. The Labute approximate surface area is 77.4 Å². The van der Waals surface area contributed by atoms with Gasteiger partial charge in [0.25, 0.3) is 0 Å². The number of nitrogens with one attached hydrogen (secondary N) is 1. The Bertz CT molecular complexity index is 166. The predicted molar refractivity (Wildman–Crippen MR) is 47.0 cm³/mol. The van der Waals surface area contributed by atoms with Gasteiger partial charge in [0.05, 0.1) is 19.8 Å². The van der Waals surface area contributed by atoms with Crippen LogP contribution in [0.3, 0.4) is 0 Å².